The van der Waals surface area contributed by atoms with E-state index < -0.39 is 18.1 Å². The number of carbonyl (C=O) groups is 3. The molecule has 1 rings (SSSR count). The lowest BCUT2D eigenvalue weighted by molar-refractivity contribution is -0.146. The third kappa shape index (κ3) is 4.44. The summed E-state index contributed by atoms with van der Waals surface area (Å²) in [5.41, 5.74) is 0. The maximum atomic E-state index is 11.8. The number of nitrogens with one attached hydrogen (secondary N) is 1. The second kappa shape index (κ2) is 7.10. The molecule has 0 radical (unpaired) electrons. The van der Waals surface area contributed by atoms with Crippen molar-refractivity contribution < 1.29 is 23.9 Å². The number of ketones is 1. The van der Waals surface area contributed by atoms with Crippen LogP contribution in [0, 0.1) is 0 Å². The lowest BCUT2D eigenvalue weighted by Crippen LogP contribution is -2.46. The molecular formula is C12H19NO5. The van der Waals surface area contributed by atoms with Crippen LogP contribution in [0.3, 0.4) is 0 Å². The van der Waals surface area contributed by atoms with E-state index in [1.807, 2.05) is 0 Å². The number of amides is 1. The van der Waals surface area contributed by atoms with E-state index in [-0.39, 0.29) is 24.5 Å². The van der Waals surface area contributed by atoms with Gasteiger partial charge in [-0.05, 0) is 26.2 Å². The van der Waals surface area contributed by atoms with Crippen LogP contribution in [0.15, 0.2) is 0 Å². The summed E-state index contributed by atoms with van der Waals surface area (Å²) in [6.45, 7) is 2.00. The average Bonchev–Trinajstić information content (AvgIpc) is 2.86. The predicted molar refractivity (Wildman–Crippen MR) is 62.8 cm³/mol. The average molecular weight is 257 g/mol. The normalized spacial score (nSPS) is 20.2. The Morgan fingerprint density at radius 2 is 2.17 bits per heavy atom. The molecule has 0 aromatic rings. The Hall–Kier alpha value is -1.43. The van der Waals surface area contributed by atoms with Gasteiger partial charge in [0.2, 0.25) is 5.91 Å². The van der Waals surface area contributed by atoms with Gasteiger partial charge in [0, 0.05) is 13.0 Å². The smallest absolute Gasteiger partial charge is 0.328 e. The van der Waals surface area contributed by atoms with Crippen molar-refractivity contribution in [1.29, 1.82) is 0 Å². The minimum Gasteiger partial charge on any atom is -0.467 e. The van der Waals surface area contributed by atoms with Gasteiger partial charge in [0.1, 0.15) is 17.9 Å². The molecule has 1 aliphatic heterocycles. The molecular weight excluding hydrogens is 238 g/mol. The monoisotopic (exact) mass is 257 g/mol. The highest BCUT2D eigenvalue weighted by Gasteiger charge is 2.28. The molecule has 18 heavy (non-hydrogen) atoms. The number of Topliss-reactive ketones (excluding diaryl/α,β-unsaturated/α-hetero) is 1. The van der Waals surface area contributed by atoms with Crippen LogP contribution in [0.25, 0.3) is 0 Å². The van der Waals surface area contributed by atoms with Crippen molar-refractivity contribution in [3.05, 3.63) is 0 Å². The van der Waals surface area contributed by atoms with Crippen LogP contribution >= 0.6 is 0 Å². The number of methoxy groups -OCH3 is 1. The summed E-state index contributed by atoms with van der Waals surface area (Å²) in [6.07, 6.45) is 1.49. The lowest BCUT2D eigenvalue weighted by atomic mass is 10.1. The highest BCUT2D eigenvalue weighted by molar-refractivity contribution is 5.87. The highest BCUT2D eigenvalue weighted by Crippen LogP contribution is 2.12. The fraction of sp³-hybridized carbons (Fsp3) is 0.750. The molecule has 1 heterocycles. The Morgan fingerprint density at radius 3 is 2.67 bits per heavy atom. The highest BCUT2D eigenvalue weighted by atomic mass is 16.5. The quantitative estimate of drug-likeness (QED) is 0.687. The van der Waals surface area contributed by atoms with Gasteiger partial charge in [0.25, 0.3) is 0 Å². The van der Waals surface area contributed by atoms with Gasteiger partial charge in [-0.1, -0.05) is 0 Å². The van der Waals surface area contributed by atoms with Crippen molar-refractivity contribution in [1.82, 2.24) is 5.32 Å². The molecule has 1 aliphatic rings. The van der Waals surface area contributed by atoms with Gasteiger partial charge in [-0.3, -0.25) is 4.79 Å². The van der Waals surface area contributed by atoms with E-state index in [0.29, 0.717) is 13.0 Å². The number of ether oxygens (including phenoxy) is 2. The van der Waals surface area contributed by atoms with Crippen LogP contribution in [0.1, 0.15) is 32.6 Å². The van der Waals surface area contributed by atoms with E-state index in [1.165, 1.54) is 14.0 Å². The fourth-order valence-electron chi connectivity index (χ4n) is 1.79. The molecule has 2 atom stereocenters. The van der Waals surface area contributed by atoms with Gasteiger partial charge in [0.15, 0.2) is 0 Å². The molecule has 1 fully saturated rings. The Balaban J connectivity index is 2.51. The van der Waals surface area contributed by atoms with Crippen molar-refractivity contribution in [2.45, 2.75) is 44.8 Å². The Kier molecular flexibility index (Phi) is 5.77. The van der Waals surface area contributed by atoms with Crippen LogP contribution in [-0.2, 0) is 23.9 Å². The van der Waals surface area contributed by atoms with Crippen LogP contribution in [-0.4, -0.2) is 43.5 Å². The summed E-state index contributed by atoms with van der Waals surface area (Å²) in [4.78, 5) is 34.2. The second-order valence-corrected chi connectivity index (χ2v) is 4.33. The molecule has 0 spiro atoms. The first-order chi connectivity index (χ1) is 8.54. The summed E-state index contributed by atoms with van der Waals surface area (Å²) in [5, 5.41) is 2.57. The van der Waals surface area contributed by atoms with Crippen molar-refractivity contribution in [2.24, 2.45) is 0 Å². The van der Waals surface area contributed by atoms with Crippen LogP contribution in [0.4, 0.5) is 0 Å². The maximum absolute atomic E-state index is 11.8. The van der Waals surface area contributed by atoms with E-state index in [4.69, 9.17) is 4.74 Å². The van der Waals surface area contributed by atoms with Crippen LogP contribution in [0.5, 0.6) is 0 Å². The zero-order valence-electron chi connectivity index (χ0n) is 10.7. The molecule has 1 saturated heterocycles. The van der Waals surface area contributed by atoms with Crippen molar-refractivity contribution >= 4 is 17.7 Å². The topological polar surface area (TPSA) is 81.7 Å². The number of hydrogen-bond acceptors (Lipinski definition) is 5. The molecule has 0 unspecified atom stereocenters. The predicted octanol–water partition coefficient (Wildman–Crippen LogP) is 0.192. The molecule has 0 aromatic carbocycles. The van der Waals surface area contributed by atoms with Gasteiger partial charge in [-0.2, -0.15) is 0 Å². The van der Waals surface area contributed by atoms with Crippen LogP contribution < -0.4 is 5.32 Å². The molecule has 0 aliphatic carbocycles. The Morgan fingerprint density at radius 1 is 1.44 bits per heavy atom. The first-order valence-electron chi connectivity index (χ1n) is 6.04. The molecule has 102 valence electrons. The molecule has 1 amide bonds. The molecule has 0 aromatic heterocycles. The summed E-state index contributed by atoms with van der Waals surface area (Å²) in [6, 6.07) is -0.782. The molecule has 1 N–H and O–H groups in total. The third-order valence-corrected chi connectivity index (χ3v) is 2.81. The van der Waals surface area contributed by atoms with Crippen molar-refractivity contribution in [3.63, 3.8) is 0 Å². The Bertz CT molecular complexity index is 322. The molecule has 6 heteroatoms. The zero-order chi connectivity index (χ0) is 13.5. The first kappa shape index (κ1) is 14.6. The number of rotatable bonds is 6. The molecule has 6 nitrogen and oxygen atoms in total. The molecule has 0 bridgehead atoms. The van der Waals surface area contributed by atoms with Gasteiger partial charge >= 0.3 is 5.97 Å². The largest absolute Gasteiger partial charge is 0.467 e. The summed E-state index contributed by atoms with van der Waals surface area (Å²) in [5.74, 6) is -0.885. The summed E-state index contributed by atoms with van der Waals surface area (Å²) < 4.78 is 9.83. The van der Waals surface area contributed by atoms with E-state index in [9.17, 15) is 14.4 Å². The number of esters is 1. The standard InChI is InChI=1S/C12H19NO5/c1-8(14)5-6-9(12(16)17-2)13-11(15)10-4-3-7-18-10/h9-10H,3-7H2,1-2H3,(H,13,15)/t9-,10+/m0/s1. The summed E-state index contributed by atoms with van der Waals surface area (Å²) in [7, 11) is 1.25. The van der Waals surface area contributed by atoms with E-state index in [1.54, 1.807) is 0 Å². The van der Waals surface area contributed by atoms with Gasteiger partial charge in [-0.25, -0.2) is 4.79 Å². The van der Waals surface area contributed by atoms with E-state index >= 15 is 0 Å². The zero-order valence-corrected chi connectivity index (χ0v) is 10.7. The fourth-order valence-corrected chi connectivity index (χ4v) is 1.79. The number of carbonyl (C=O) groups excluding carboxylic acids is 3. The lowest BCUT2D eigenvalue weighted by Gasteiger charge is -2.18. The van der Waals surface area contributed by atoms with E-state index in [0.717, 1.165) is 6.42 Å². The van der Waals surface area contributed by atoms with Crippen molar-refractivity contribution in [3.8, 4) is 0 Å². The maximum Gasteiger partial charge on any atom is 0.328 e. The first-order valence-corrected chi connectivity index (χ1v) is 6.04. The molecule has 0 saturated carbocycles. The minimum absolute atomic E-state index is 0.0322. The van der Waals surface area contributed by atoms with Gasteiger partial charge in [-0.15, -0.1) is 0 Å². The third-order valence-electron chi connectivity index (χ3n) is 2.81. The number of hydrogen-bond donors (Lipinski definition) is 1. The van der Waals surface area contributed by atoms with Gasteiger partial charge in [0.05, 0.1) is 7.11 Å². The van der Waals surface area contributed by atoms with E-state index in [2.05, 4.69) is 10.1 Å². The van der Waals surface area contributed by atoms with Gasteiger partial charge < -0.3 is 19.6 Å². The van der Waals surface area contributed by atoms with Crippen molar-refractivity contribution in [2.75, 3.05) is 13.7 Å². The Labute approximate surface area is 106 Å². The SMILES string of the molecule is COC(=O)[C@H](CCC(C)=O)NC(=O)[C@H]1CCCO1. The van der Waals surface area contributed by atoms with Crippen LogP contribution in [0.2, 0.25) is 0 Å². The summed E-state index contributed by atoms with van der Waals surface area (Å²) >= 11 is 0. The second-order valence-electron chi connectivity index (χ2n) is 4.33. The minimum atomic E-state index is -0.782.